The molecular weight excluding hydrogens is 312 g/mol. The summed E-state index contributed by atoms with van der Waals surface area (Å²) in [5.41, 5.74) is 3.63. The summed E-state index contributed by atoms with van der Waals surface area (Å²) < 4.78 is 5.53. The normalized spacial score (nSPS) is 10.9. The number of rotatable bonds is 6. The number of hydrogen-bond donors (Lipinski definition) is 1. The number of nitrogens with one attached hydrogen (secondary N) is 1. The second-order valence-corrected chi connectivity index (χ2v) is 5.79. The molecule has 4 heteroatoms. The third kappa shape index (κ3) is 4.95. The summed E-state index contributed by atoms with van der Waals surface area (Å²) in [4.78, 5) is 12.4. The third-order valence-electron chi connectivity index (χ3n) is 3.88. The van der Waals surface area contributed by atoms with Crippen molar-refractivity contribution in [2.45, 2.75) is 27.2 Å². The molecule has 1 N–H and O–H groups in total. The molecule has 0 saturated heterocycles. The van der Waals surface area contributed by atoms with E-state index in [1.165, 1.54) is 0 Å². The molecule has 128 valence electrons. The van der Waals surface area contributed by atoms with Gasteiger partial charge in [-0.3, -0.25) is 4.79 Å². The lowest BCUT2D eigenvalue weighted by Crippen LogP contribution is -2.14. The SMILES string of the molecule is CCCOc1ccc(/C=C(\C#N)C(=O)Nc2cccc(C)c2C)cc1. The van der Waals surface area contributed by atoms with E-state index < -0.39 is 5.91 Å². The number of carbonyl (C=O) groups excluding carboxylic acids is 1. The van der Waals surface area contributed by atoms with Gasteiger partial charge in [0, 0.05) is 5.69 Å². The van der Waals surface area contributed by atoms with Crippen molar-refractivity contribution in [1.29, 1.82) is 5.26 Å². The average Bonchev–Trinajstić information content (AvgIpc) is 2.62. The predicted molar refractivity (Wildman–Crippen MR) is 100 cm³/mol. The number of ether oxygens (including phenoxy) is 1. The summed E-state index contributed by atoms with van der Waals surface area (Å²) in [6.07, 6.45) is 2.52. The van der Waals surface area contributed by atoms with Gasteiger partial charge in [-0.2, -0.15) is 5.26 Å². The average molecular weight is 334 g/mol. The van der Waals surface area contributed by atoms with E-state index in [4.69, 9.17) is 4.74 Å². The van der Waals surface area contributed by atoms with Gasteiger partial charge in [0.05, 0.1) is 6.61 Å². The Balaban J connectivity index is 2.15. The van der Waals surface area contributed by atoms with E-state index in [0.29, 0.717) is 6.61 Å². The monoisotopic (exact) mass is 334 g/mol. The summed E-state index contributed by atoms with van der Waals surface area (Å²) in [6, 6.07) is 15.0. The second kappa shape index (κ2) is 8.70. The first kappa shape index (κ1) is 18.3. The Hall–Kier alpha value is -3.06. The number of amides is 1. The number of aryl methyl sites for hydroxylation is 1. The van der Waals surface area contributed by atoms with Crippen LogP contribution in [0.1, 0.15) is 30.0 Å². The lowest BCUT2D eigenvalue weighted by atomic mass is 10.1. The molecule has 0 aliphatic carbocycles. The molecule has 1 amide bonds. The molecule has 0 spiro atoms. The van der Waals surface area contributed by atoms with Crippen LogP contribution in [0.25, 0.3) is 6.08 Å². The summed E-state index contributed by atoms with van der Waals surface area (Å²) in [6.45, 7) is 6.63. The summed E-state index contributed by atoms with van der Waals surface area (Å²) in [5, 5.41) is 12.1. The molecule has 0 bridgehead atoms. The molecule has 0 heterocycles. The van der Waals surface area contributed by atoms with Crippen LogP contribution in [0, 0.1) is 25.2 Å². The van der Waals surface area contributed by atoms with Crippen molar-refractivity contribution in [1.82, 2.24) is 0 Å². The highest BCUT2D eigenvalue weighted by molar-refractivity contribution is 6.10. The predicted octanol–water partition coefficient (Wildman–Crippen LogP) is 4.64. The highest BCUT2D eigenvalue weighted by Gasteiger charge is 2.11. The van der Waals surface area contributed by atoms with Gasteiger partial charge < -0.3 is 10.1 Å². The van der Waals surface area contributed by atoms with E-state index in [9.17, 15) is 10.1 Å². The highest BCUT2D eigenvalue weighted by Crippen LogP contribution is 2.19. The molecule has 0 radical (unpaired) electrons. The van der Waals surface area contributed by atoms with Gasteiger partial charge in [0.25, 0.3) is 5.91 Å². The van der Waals surface area contributed by atoms with Crippen molar-refractivity contribution in [3.63, 3.8) is 0 Å². The van der Waals surface area contributed by atoms with Crippen LogP contribution in [0.3, 0.4) is 0 Å². The molecule has 25 heavy (non-hydrogen) atoms. The maximum Gasteiger partial charge on any atom is 0.266 e. The molecule has 0 atom stereocenters. The van der Waals surface area contributed by atoms with E-state index in [1.807, 2.05) is 69.3 Å². The molecular formula is C21H22N2O2. The lowest BCUT2D eigenvalue weighted by Gasteiger charge is -2.10. The molecule has 2 aromatic carbocycles. The molecule has 0 unspecified atom stereocenters. The van der Waals surface area contributed by atoms with E-state index in [0.717, 1.165) is 34.5 Å². The van der Waals surface area contributed by atoms with Crippen LogP contribution >= 0.6 is 0 Å². The Morgan fingerprint density at radius 3 is 2.56 bits per heavy atom. The molecule has 2 rings (SSSR count). The van der Waals surface area contributed by atoms with Gasteiger partial charge in [-0.05, 0) is 61.2 Å². The number of nitrogens with zero attached hydrogens (tertiary/aromatic N) is 1. The third-order valence-corrected chi connectivity index (χ3v) is 3.88. The van der Waals surface area contributed by atoms with Gasteiger partial charge >= 0.3 is 0 Å². The summed E-state index contributed by atoms with van der Waals surface area (Å²) in [5.74, 6) is 0.361. The highest BCUT2D eigenvalue weighted by atomic mass is 16.5. The van der Waals surface area contributed by atoms with Gasteiger partial charge in [-0.1, -0.05) is 31.2 Å². The maximum absolute atomic E-state index is 12.4. The fraction of sp³-hybridized carbons (Fsp3) is 0.238. The summed E-state index contributed by atoms with van der Waals surface area (Å²) >= 11 is 0. The zero-order valence-corrected chi connectivity index (χ0v) is 14.8. The Morgan fingerprint density at radius 2 is 1.92 bits per heavy atom. The first-order valence-corrected chi connectivity index (χ1v) is 8.27. The number of anilines is 1. The van der Waals surface area contributed by atoms with Crippen molar-refractivity contribution < 1.29 is 9.53 Å². The Labute approximate surface area is 148 Å². The zero-order valence-electron chi connectivity index (χ0n) is 14.8. The quantitative estimate of drug-likeness (QED) is 0.618. The first-order chi connectivity index (χ1) is 12.0. The molecule has 0 aliphatic rings. The zero-order chi connectivity index (χ0) is 18.2. The molecule has 0 saturated carbocycles. The molecule has 0 aromatic heterocycles. The first-order valence-electron chi connectivity index (χ1n) is 8.27. The van der Waals surface area contributed by atoms with Crippen molar-refractivity contribution >= 4 is 17.7 Å². The summed E-state index contributed by atoms with van der Waals surface area (Å²) in [7, 11) is 0. The fourth-order valence-corrected chi connectivity index (χ4v) is 2.27. The van der Waals surface area contributed by atoms with Crippen LogP contribution in [0.15, 0.2) is 48.0 Å². The minimum atomic E-state index is -0.414. The van der Waals surface area contributed by atoms with Crippen molar-refractivity contribution in [3.8, 4) is 11.8 Å². The topological polar surface area (TPSA) is 62.1 Å². The Bertz CT molecular complexity index is 815. The van der Waals surface area contributed by atoms with Crippen LogP contribution in [0.5, 0.6) is 5.75 Å². The van der Waals surface area contributed by atoms with Crippen LogP contribution in [-0.4, -0.2) is 12.5 Å². The maximum atomic E-state index is 12.4. The van der Waals surface area contributed by atoms with E-state index in [-0.39, 0.29) is 5.57 Å². The Kier molecular flexibility index (Phi) is 6.36. The van der Waals surface area contributed by atoms with Crippen LogP contribution in [0.4, 0.5) is 5.69 Å². The number of hydrogen-bond acceptors (Lipinski definition) is 3. The van der Waals surface area contributed by atoms with E-state index in [1.54, 1.807) is 6.08 Å². The van der Waals surface area contributed by atoms with E-state index >= 15 is 0 Å². The van der Waals surface area contributed by atoms with Crippen molar-refractivity contribution in [2.75, 3.05) is 11.9 Å². The van der Waals surface area contributed by atoms with Gasteiger partial charge in [0.15, 0.2) is 0 Å². The molecule has 0 fully saturated rings. The number of carbonyl (C=O) groups is 1. The molecule has 0 aliphatic heterocycles. The molecule has 4 nitrogen and oxygen atoms in total. The second-order valence-electron chi connectivity index (χ2n) is 5.79. The van der Waals surface area contributed by atoms with Gasteiger partial charge in [0.2, 0.25) is 0 Å². The standard InChI is InChI=1S/C21H22N2O2/c1-4-12-25-19-10-8-17(9-11-19)13-18(14-22)21(24)23-20-7-5-6-15(2)16(20)3/h5-11,13H,4,12H2,1-3H3,(H,23,24)/b18-13+. The Morgan fingerprint density at radius 1 is 1.20 bits per heavy atom. The number of nitriles is 1. The van der Waals surface area contributed by atoms with E-state index in [2.05, 4.69) is 5.32 Å². The fourth-order valence-electron chi connectivity index (χ4n) is 2.27. The van der Waals surface area contributed by atoms with Gasteiger partial charge in [-0.25, -0.2) is 0 Å². The largest absolute Gasteiger partial charge is 0.494 e. The van der Waals surface area contributed by atoms with Gasteiger partial charge in [0.1, 0.15) is 17.4 Å². The lowest BCUT2D eigenvalue weighted by molar-refractivity contribution is -0.112. The van der Waals surface area contributed by atoms with Crippen LogP contribution in [-0.2, 0) is 4.79 Å². The molecule has 2 aromatic rings. The smallest absolute Gasteiger partial charge is 0.266 e. The van der Waals surface area contributed by atoms with Crippen LogP contribution in [0.2, 0.25) is 0 Å². The van der Waals surface area contributed by atoms with Crippen molar-refractivity contribution in [3.05, 3.63) is 64.7 Å². The minimum Gasteiger partial charge on any atom is -0.494 e. The minimum absolute atomic E-state index is 0.0585. The van der Waals surface area contributed by atoms with Crippen LogP contribution < -0.4 is 10.1 Å². The number of benzene rings is 2. The van der Waals surface area contributed by atoms with Gasteiger partial charge in [-0.15, -0.1) is 0 Å². The van der Waals surface area contributed by atoms with Crippen molar-refractivity contribution in [2.24, 2.45) is 0 Å².